The first kappa shape index (κ1) is 17.3. The number of aromatic hydroxyl groups is 2. The molecule has 0 unspecified atom stereocenters. The number of nitriles is 1. The van der Waals surface area contributed by atoms with Crippen molar-refractivity contribution in [2.75, 3.05) is 0 Å². The molecule has 24 heavy (non-hydrogen) atoms. The number of nitrogens with zero attached hydrogens (tertiary/aromatic N) is 1. The molecule has 2 rings (SSSR count). The number of rotatable bonds is 4. The Morgan fingerprint density at radius 3 is 2.33 bits per heavy atom. The largest absolute Gasteiger partial charge is 0.504 e. The molecule has 0 heterocycles. The van der Waals surface area contributed by atoms with Crippen molar-refractivity contribution < 1.29 is 18.6 Å². The van der Waals surface area contributed by atoms with Gasteiger partial charge in [-0.15, -0.1) is 0 Å². The normalized spacial score (nSPS) is 12.2. The summed E-state index contributed by atoms with van der Waals surface area (Å²) in [6.07, 6.45) is 4.11. The van der Waals surface area contributed by atoms with Crippen LogP contribution in [0.15, 0.2) is 64.4 Å². The van der Waals surface area contributed by atoms with Gasteiger partial charge in [-0.25, -0.2) is 8.42 Å². The Labute approximate surface area is 140 Å². The predicted octanol–water partition coefficient (Wildman–Crippen LogP) is 3.30. The van der Waals surface area contributed by atoms with Crippen LogP contribution in [-0.2, 0) is 9.84 Å². The number of aryl methyl sites for hydroxylation is 1. The molecule has 2 N–H and O–H groups in total. The van der Waals surface area contributed by atoms with Gasteiger partial charge in [-0.1, -0.05) is 35.9 Å². The summed E-state index contributed by atoms with van der Waals surface area (Å²) >= 11 is 0. The summed E-state index contributed by atoms with van der Waals surface area (Å²) in [7, 11) is -3.88. The van der Waals surface area contributed by atoms with Crippen molar-refractivity contribution >= 4 is 15.9 Å². The quantitative estimate of drug-likeness (QED) is 0.505. The lowest BCUT2D eigenvalue weighted by Crippen LogP contribution is -2.03. The van der Waals surface area contributed by atoms with Crippen LogP contribution in [0.3, 0.4) is 0 Å². The van der Waals surface area contributed by atoms with Crippen LogP contribution < -0.4 is 0 Å². The number of phenols is 2. The van der Waals surface area contributed by atoms with Gasteiger partial charge in [-0.2, -0.15) is 5.26 Å². The average Bonchev–Trinajstić information content (AvgIpc) is 2.55. The summed E-state index contributed by atoms with van der Waals surface area (Å²) in [6, 6.07) is 12.1. The minimum atomic E-state index is -3.88. The van der Waals surface area contributed by atoms with Crippen molar-refractivity contribution in [3.05, 3.63) is 70.6 Å². The molecule has 122 valence electrons. The Hall–Kier alpha value is -3.04. The summed E-state index contributed by atoms with van der Waals surface area (Å²) in [4.78, 5) is -0.331. The smallest absolute Gasteiger partial charge is 0.216 e. The van der Waals surface area contributed by atoms with E-state index in [0.29, 0.717) is 5.56 Å². The van der Waals surface area contributed by atoms with Gasteiger partial charge in [0.25, 0.3) is 0 Å². The molecule has 0 atom stereocenters. The zero-order valence-corrected chi connectivity index (χ0v) is 13.7. The van der Waals surface area contributed by atoms with Crippen LogP contribution in [0.1, 0.15) is 11.1 Å². The van der Waals surface area contributed by atoms with E-state index in [4.69, 9.17) is 5.26 Å². The summed E-state index contributed by atoms with van der Waals surface area (Å²) in [6.45, 7) is 1.84. The Balaban J connectivity index is 2.31. The van der Waals surface area contributed by atoms with E-state index < -0.39 is 9.84 Å². The van der Waals surface area contributed by atoms with Crippen molar-refractivity contribution in [2.24, 2.45) is 0 Å². The second-order valence-electron chi connectivity index (χ2n) is 5.07. The van der Waals surface area contributed by atoms with Gasteiger partial charge in [0.15, 0.2) is 11.5 Å². The third-order valence-corrected chi connectivity index (χ3v) is 4.97. The second kappa shape index (κ2) is 7.02. The molecule has 0 fully saturated rings. The standard InChI is InChI=1S/C18H15NO4S/c1-13-5-8-15(9-6-13)24(22,23)16(12-19)4-2-3-14-7-10-17(20)18(21)11-14/h2-11,20-21H,1H3. The molecule has 0 amide bonds. The molecule has 0 bridgehead atoms. The lowest BCUT2D eigenvalue weighted by Gasteiger charge is -2.02. The average molecular weight is 341 g/mol. The van der Waals surface area contributed by atoms with Crippen LogP contribution in [0.5, 0.6) is 11.5 Å². The maximum atomic E-state index is 12.4. The third-order valence-electron chi connectivity index (χ3n) is 3.27. The highest BCUT2D eigenvalue weighted by atomic mass is 32.2. The van der Waals surface area contributed by atoms with Crippen molar-refractivity contribution in [1.82, 2.24) is 0 Å². The molecule has 0 aliphatic heterocycles. The van der Waals surface area contributed by atoms with E-state index >= 15 is 0 Å². The first-order valence-corrected chi connectivity index (χ1v) is 8.45. The van der Waals surface area contributed by atoms with Crippen molar-refractivity contribution in [2.45, 2.75) is 11.8 Å². The summed E-state index contributed by atoms with van der Waals surface area (Å²) < 4.78 is 24.8. The molecular weight excluding hydrogens is 326 g/mol. The van der Waals surface area contributed by atoms with Gasteiger partial charge in [0.05, 0.1) is 4.90 Å². The maximum absolute atomic E-state index is 12.4. The topological polar surface area (TPSA) is 98.4 Å². The summed E-state index contributed by atoms with van der Waals surface area (Å²) in [5.41, 5.74) is 1.47. The van der Waals surface area contributed by atoms with Crippen LogP contribution in [0.25, 0.3) is 6.08 Å². The first-order chi connectivity index (χ1) is 11.3. The highest BCUT2D eigenvalue weighted by Gasteiger charge is 2.19. The minimum Gasteiger partial charge on any atom is -0.504 e. The molecule has 0 aliphatic rings. The van der Waals surface area contributed by atoms with Gasteiger partial charge < -0.3 is 10.2 Å². The maximum Gasteiger partial charge on any atom is 0.216 e. The lowest BCUT2D eigenvalue weighted by atomic mass is 10.2. The number of hydrogen-bond donors (Lipinski definition) is 2. The van der Waals surface area contributed by atoms with E-state index in [1.807, 2.05) is 6.92 Å². The second-order valence-corrected chi connectivity index (χ2v) is 6.98. The van der Waals surface area contributed by atoms with E-state index in [2.05, 4.69) is 0 Å². The Bertz CT molecular complexity index is 950. The molecule has 2 aromatic rings. The Morgan fingerprint density at radius 2 is 1.75 bits per heavy atom. The van der Waals surface area contributed by atoms with Gasteiger partial charge in [-0.05, 0) is 42.8 Å². The fraction of sp³-hybridized carbons (Fsp3) is 0.0556. The molecule has 0 radical (unpaired) electrons. The van der Waals surface area contributed by atoms with Gasteiger partial charge in [0, 0.05) is 0 Å². The van der Waals surface area contributed by atoms with E-state index in [0.717, 1.165) is 5.56 Å². The van der Waals surface area contributed by atoms with Crippen LogP contribution in [0.4, 0.5) is 0 Å². The highest BCUT2D eigenvalue weighted by molar-refractivity contribution is 7.95. The lowest BCUT2D eigenvalue weighted by molar-refractivity contribution is 0.403. The molecule has 0 spiro atoms. The van der Waals surface area contributed by atoms with Gasteiger partial charge in [0.2, 0.25) is 9.84 Å². The monoisotopic (exact) mass is 341 g/mol. The van der Waals surface area contributed by atoms with E-state index in [-0.39, 0.29) is 21.3 Å². The van der Waals surface area contributed by atoms with Gasteiger partial charge in [-0.3, -0.25) is 0 Å². The zero-order valence-electron chi connectivity index (χ0n) is 12.8. The molecular formula is C18H15NO4S. The van der Waals surface area contributed by atoms with Crippen LogP contribution in [0, 0.1) is 18.3 Å². The van der Waals surface area contributed by atoms with Gasteiger partial charge >= 0.3 is 0 Å². The van der Waals surface area contributed by atoms with E-state index in [1.165, 1.54) is 42.5 Å². The number of hydrogen-bond acceptors (Lipinski definition) is 5. The van der Waals surface area contributed by atoms with Crippen molar-refractivity contribution in [3.63, 3.8) is 0 Å². The molecule has 0 saturated carbocycles. The number of allylic oxidation sites excluding steroid dienone is 3. The predicted molar refractivity (Wildman–Crippen MR) is 90.9 cm³/mol. The van der Waals surface area contributed by atoms with Crippen LogP contribution in [0.2, 0.25) is 0 Å². The van der Waals surface area contributed by atoms with Crippen LogP contribution in [-0.4, -0.2) is 18.6 Å². The highest BCUT2D eigenvalue weighted by Crippen LogP contribution is 2.25. The van der Waals surface area contributed by atoms with E-state index in [1.54, 1.807) is 24.3 Å². The first-order valence-electron chi connectivity index (χ1n) is 6.97. The number of phenolic OH excluding ortho intramolecular Hbond substituents is 2. The van der Waals surface area contributed by atoms with Crippen molar-refractivity contribution in [1.29, 1.82) is 5.26 Å². The fourth-order valence-corrected chi connectivity index (χ4v) is 3.05. The van der Waals surface area contributed by atoms with Gasteiger partial charge in [0.1, 0.15) is 11.0 Å². The summed E-state index contributed by atoms with van der Waals surface area (Å²) in [5.74, 6) is -0.531. The minimum absolute atomic E-state index is 0.0524. The SMILES string of the molecule is Cc1ccc(S(=O)(=O)C(C#N)=CC=Cc2ccc(O)c(O)c2)cc1. The van der Waals surface area contributed by atoms with Crippen molar-refractivity contribution in [3.8, 4) is 17.6 Å². The van der Waals surface area contributed by atoms with Crippen LogP contribution >= 0.6 is 0 Å². The molecule has 0 aromatic heterocycles. The van der Waals surface area contributed by atoms with E-state index in [9.17, 15) is 18.6 Å². The zero-order chi connectivity index (χ0) is 17.7. The molecule has 5 nitrogen and oxygen atoms in total. The third kappa shape index (κ3) is 3.83. The number of benzene rings is 2. The molecule has 0 aliphatic carbocycles. The molecule has 6 heteroatoms. The Morgan fingerprint density at radius 1 is 1.08 bits per heavy atom. The summed E-state index contributed by atoms with van der Waals surface area (Å²) in [5, 5.41) is 27.8. The Kier molecular flexibility index (Phi) is 5.07. The molecule has 0 saturated heterocycles. The number of sulfone groups is 1. The fourth-order valence-electron chi connectivity index (χ4n) is 1.92. The molecule has 2 aromatic carbocycles.